The smallest absolute Gasteiger partial charge is 0.188 e. The van der Waals surface area contributed by atoms with Crippen LogP contribution in [0.3, 0.4) is 0 Å². The number of carbonyl (C=O) groups is 1. The molecule has 5 nitrogen and oxygen atoms in total. The predicted molar refractivity (Wildman–Crippen MR) is 153 cm³/mol. The molecular formula is C31H45N3O2S. The van der Waals surface area contributed by atoms with Crippen LogP contribution in [0.1, 0.15) is 78.8 Å². The number of aliphatic imine (C=N–C) groups is 1. The van der Waals surface area contributed by atoms with E-state index in [2.05, 4.69) is 41.8 Å². The summed E-state index contributed by atoms with van der Waals surface area (Å²) in [6, 6.07) is 1.88. The largest absolute Gasteiger partial charge is 0.393 e. The molecule has 4 aliphatic rings. The molecule has 1 aromatic heterocycles. The van der Waals surface area contributed by atoms with E-state index < -0.39 is 0 Å². The van der Waals surface area contributed by atoms with Crippen LogP contribution in [0.15, 0.2) is 45.2 Å². The van der Waals surface area contributed by atoms with E-state index in [1.54, 1.807) is 6.20 Å². The first kappa shape index (κ1) is 28.2. The van der Waals surface area contributed by atoms with Gasteiger partial charge in [-0.3, -0.25) is 9.79 Å². The van der Waals surface area contributed by atoms with Gasteiger partial charge in [0.25, 0.3) is 0 Å². The van der Waals surface area contributed by atoms with Crippen molar-refractivity contribution in [3.8, 4) is 0 Å². The Morgan fingerprint density at radius 1 is 1.24 bits per heavy atom. The maximum absolute atomic E-state index is 13.5. The van der Waals surface area contributed by atoms with Crippen molar-refractivity contribution in [3.63, 3.8) is 0 Å². The number of Topliss-reactive ketones (excluding diaryl/α,β-unsaturated/α-hetero) is 1. The molecule has 4 aliphatic carbocycles. The summed E-state index contributed by atoms with van der Waals surface area (Å²) in [6.07, 6.45) is 11.7. The number of thioether (sulfide) groups is 1. The van der Waals surface area contributed by atoms with E-state index in [1.165, 1.54) is 28.5 Å². The van der Waals surface area contributed by atoms with Crippen molar-refractivity contribution in [1.29, 1.82) is 0 Å². The van der Waals surface area contributed by atoms with Crippen LogP contribution in [0.2, 0.25) is 0 Å². The van der Waals surface area contributed by atoms with Gasteiger partial charge in [-0.2, -0.15) is 0 Å². The molecule has 1 N–H and O–H groups in total. The van der Waals surface area contributed by atoms with Crippen molar-refractivity contribution in [2.24, 2.45) is 39.5 Å². The van der Waals surface area contributed by atoms with Crippen LogP contribution in [0.5, 0.6) is 0 Å². The Morgan fingerprint density at radius 2 is 2.00 bits per heavy atom. The molecular weight excluding hydrogens is 478 g/mol. The number of aliphatic hydroxyl groups is 1. The lowest BCUT2D eigenvalue weighted by atomic mass is 9.45. The molecule has 0 aromatic carbocycles. The Hall–Kier alpha value is -1.79. The number of rotatable bonds is 5. The van der Waals surface area contributed by atoms with Crippen LogP contribution in [0.25, 0.3) is 0 Å². The Morgan fingerprint density at radius 3 is 2.70 bits per heavy atom. The number of nitrogens with zero attached hydrogens (tertiary/aromatic N) is 3. The van der Waals surface area contributed by atoms with Crippen molar-refractivity contribution >= 4 is 23.8 Å². The third-order valence-corrected chi connectivity index (χ3v) is 10.8. The van der Waals surface area contributed by atoms with Crippen molar-refractivity contribution in [3.05, 3.63) is 40.8 Å². The summed E-state index contributed by atoms with van der Waals surface area (Å²) in [5.74, 6) is 1.94. The van der Waals surface area contributed by atoms with Gasteiger partial charge in [-0.15, -0.1) is 0 Å². The Bertz CT molecular complexity index is 1110. The van der Waals surface area contributed by atoms with Gasteiger partial charge in [-0.1, -0.05) is 51.1 Å². The van der Waals surface area contributed by atoms with Crippen molar-refractivity contribution in [2.45, 2.75) is 91.3 Å². The normalized spacial score (nSPS) is 36.8. The van der Waals surface area contributed by atoms with Crippen LogP contribution in [-0.4, -0.2) is 46.0 Å². The number of allylic oxidation sites excluding steroid dienone is 4. The molecule has 7 atom stereocenters. The monoisotopic (exact) mass is 523 g/mol. The fourth-order valence-corrected chi connectivity index (χ4v) is 9.21. The minimum absolute atomic E-state index is 0.0152. The highest BCUT2D eigenvalue weighted by atomic mass is 32.2. The summed E-state index contributed by atoms with van der Waals surface area (Å²) < 4.78 is 0. The number of aromatic nitrogens is 2. The molecule has 3 saturated carbocycles. The first-order valence-corrected chi connectivity index (χ1v) is 15.1. The molecule has 0 amide bonds. The maximum Gasteiger partial charge on any atom is 0.188 e. The summed E-state index contributed by atoms with van der Waals surface area (Å²) in [7, 11) is 1.84. The van der Waals surface area contributed by atoms with Crippen molar-refractivity contribution in [2.75, 3.05) is 12.8 Å². The Balaban J connectivity index is 0.00000156. The topological polar surface area (TPSA) is 75.4 Å². The van der Waals surface area contributed by atoms with E-state index in [9.17, 15) is 9.90 Å². The third-order valence-electron chi connectivity index (χ3n) is 9.91. The molecule has 37 heavy (non-hydrogen) atoms. The zero-order valence-electron chi connectivity index (χ0n) is 23.8. The summed E-state index contributed by atoms with van der Waals surface area (Å²) >= 11 is 1.45. The molecule has 0 spiro atoms. The zero-order valence-corrected chi connectivity index (χ0v) is 24.6. The first-order chi connectivity index (χ1) is 17.7. The van der Waals surface area contributed by atoms with Crippen LogP contribution in [0.4, 0.5) is 0 Å². The standard InChI is InChI=1S/C29H39N3O2S.C2H6/c1-17-12-20-6-7-21-22-8-9-23(25(34)16-35-27-31-11-10-18(2)32-27)29(22,4)14-24(33)26(21)28(20,3)13-19(17)15-30-5;1-2/h10-12,15,21-24,26,33H,6-9,13-14,16H2,1-5H3;1-2H3. The van der Waals surface area contributed by atoms with Gasteiger partial charge in [-0.25, -0.2) is 9.97 Å². The number of fused-ring (bicyclic) bond motifs is 5. The van der Waals surface area contributed by atoms with E-state index in [1.807, 2.05) is 40.1 Å². The van der Waals surface area contributed by atoms with Crippen molar-refractivity contribution in [1.82, 2.24) is 9.97 Å². The van der Waals surface area contributed by atoms with Gasteiger partial charge in [-0.05, 0) is 98.2 Å². The fraction of sp³-hybridized carbons (Fsp3) is 0.677. The quantitative estimate of drug-likeness (QED) is 0.266. The molecule has 0 bridgehead atoms. The van der Waals surface area contributed by atoms with Gasteiger partial charge in [0, 0.05) is 31.1 Å². The molecule has 7 unspecified atom stereocenters. The number of ketones is 1. The first-order valence-electron chi connectivity index (χ1n) is 14.1. The summed E-state index contributed by atoms with van der Waals surface area (Å²) in [6.45, 7) is 12.8. The number of aryl methyl sites for hydroxylation is 1. The van der Waals surface area contributed by atoms with Crippen molar-refractivity contribution < 1.29 is 9.90 Å². The lowest BCUT2D eigenvalue weighted by molar-refractivity contribution is -0.140. The molecule has 5 rings (SSSR count). The van der Waals surface area contributed by atoms with E-state index in [-0.39, 0.29) is 28.8 Å². The molecule has 1 heterocycles. The van der Waals surface area contributed by atoms with Crippen LogP contribution >= 0.6 is 11.8 Å². The highest BCUT2D eigenvalue weighted by Gasteiger charge is 2.62. The highest BCUT2D eigenvalue weighted by molar-refractivity contribution is 7.99. The third kappa shape index (κ3) is 5.01. The minimum Gasteiger partial charge on any atom is -0.393 e. The van der Waals surface area contributed by atoms with E-state index >= 15 is 0 Å². The average molecular weight is 524 g/mol. The van der Waals surface area contributed by atoms with E-state index in [4.69, 9.17) is 0 Å². The molecule has 6 heteroatoms. The number of hydrogen-bond donors (Lipinski definition) is 1. The van der Waals surface area contributed by atoms with Crippen LogP contribution < -0.4 is 0 Å². The van der Waals surface area contributed by atoms with E-state index in [0.29, 0.717) is 28.5 Å². The lowest BCUT2D eigenvalue weighted by Crippen LogP contribution is -2.57. The van der Waals surface area contributed by atoms with Gasteiger partial charge >= 0.3 is 0 Å². The Labute approximate surface area is 227 Å². The average Bonchev–Trinajstić information content (AvgIpc) is 3.21. The predicted octanol–water partition coefficient (Wildman–Crippen LogP) is 6.65. The SMILES string of the molecule is CC.CN=CC1=C(C)C=C2CCC3C(C(O)CC4(C)C(C(=O)CSc5nccc(C)n5)CCC34)C2(C)C1. The zero-order chi connectivity index (χ0) is 27.0. The Kier molecular flexibility index (Phi) is 8.49. The summed E-state index contributed by atoms with van der Waals surface area (Å²) in [4.78, 5) is 26.6. The number of carbonyl (C=O) groups excluding carboxylic acids is 1. The van der Waals surface area contributed by atoms with Gasteiger partial charge in [0.2, 0.25) is 0 Å². The van der Waals surface area contributed by atoms with E-state index in [0.717, 1.165) is 44.2 Å². The molecule has 0 aliphatic heterocycles. The maximum atomic E-state index is 13.5. The second-order valence-electron chi connectivity index (χ2n) is 11.8. The molecule has 202 valence electrons. The fourth-order valence-electron chi connectivity index (χ4n) is 8.40. The lowest BCUT2D eigenvalue weighted by Gasteiger charge is -2.60. The molecule has 0 saturated heterocycles. The van der Waals surface area contributed by atoms with Gasteiger partial charge in [0.1, 0.15) is 5.78 Å². The summed E-state index contributed by atoms with van der Waals surface area (Å²) in [5, 5.41) is 12.4. The minimum atomic E-state index is -0.380. The molecule has 0 radical (unpaired) electrons. The molecule has 3 fully saturated rings. The highest BCUT2D eigenvalue weighted by Crippen LogP contribution is 2.67. The van der Waals surface area contributed by atoms with Gasteiger partial charge in [0.05, 0.1) is 11.9 Å². The van der Waals surface area contributed by atoms with Gasteiger partial charge < -0.3 is 5.11 Å². The molecule has 1 aromatic rings. The summed E-state index contributed by atoms with van der Waals surface area (Å²) in [5.41, 5.74) is 4.89. The second-order valence-corrected chi connectivity index (χ2v) is 12.8. The number of aliphatic hydroxyl groups excluding tert-OH is 1. The number of hydrogen-bond acceptors (Lipinski definition) is 6. The second kappa shape index (κ2) is 11.1. The van der Waals surface area contributed by atoms with Crippen LogP contribution in [-0.2, 0) is 4.79 Å². The van der Waals surface area contributed by atoms with Gasteiger partial charge in [0.15, 0.2) is 5.16 Å². The van der Waals surface area contributed by atoms with Crippen LogP contribution in [0, 0.1) is 41.4 Å².